The lowest BCUT2D eigenvalue weighted by atomic mass is 10.2. The zero-order valence-corrected chi connectivity index (χ0v) is 11.7. The number of halogens is 1. The van der Waals surface area contributed by atoms with Gasteiger partial charge in [-0.3, -0.25) is 4.79 Å². The van der Waals surface area contributed by atoms with E-state index in [0.29, 0.717) is 6.54 Å². The molecular weight excluding hydrogens is 247 g/mol. The van der Waals surface area contributed by atoms with Crippen LogP contribution < -0.4 is 10.1 Å². The second-order valence-corrected chi connectivity index (χ2v) is 4.48. The molecular formula is C14H21FN2O2. The highest BCUT2D eigenvalue weighted by Gasteiger charge is 2.12. The fraction of sp³-hybridized carbons (Fsp3) is 0.500. The maximum atomic E-state index is 13.7. The molecule has 106 valence electrons. The van der Waals surface area contributed by atoms with Gasteiger partial charge in [0.05, 0.1) is 0 Å². The summed E-state index contributed by atoms with van der Waals surface area (Å²) in [6.07, 6.45) is 1.00. The molecule has 0 radical (unpaired) electrons. The molecule has 0 spiro atoms. The third kappa shape index (κ3) is 4.87. The Kier molecular flexibility index (Phi) is 6.29. The first-order chi connectivity index (χ1) is 9.06. The number of hydrogen-bond donors (Lipinski definition) is 1. The normalized spacial score (nSPS) is 10.3. The number of carbonyl (C=O) groups is 1. The van der Waals surface area contributed by atoms with E-state index < -0.39 is 5.82 Å². The van der Waals surface area contributed by atoms with Crippen LogP contribution in [0.3, 0.4) is 0 Å². The highest BCUT2D eigenvalue weighted by atomic mass is 19.1. The minimum absolute atomic E-state index is 0.154. The van der Waals surface area contributed by atoms with Gasteiger partial charge in [0, 0.05) is 26.2 Å². The molecule has 1 N–H and O–H groups in total. The van der Waals surface area contributed by atoms with Crippen LogP contribution in [0.5, 0.6) is 5.75 Å². The van der Waals surface area contributed by atoms with Crippen LogP contribution in [0.25, 0.3) is 0 Å². The number of benzene rings is 1. The first-order valence-corrected chi connectivity index (χ1v) is 6.37. The highest BCUT2D eigenvalue weighted by molar-refractivity contribution is 5.77. The van der Waals surface area contributed by atoms with E-state index in [0.717, 1.165) is 18.5 Å². The summed E-state index contributed by atoms with van der Waals surface area (Å²) in [7, 11) is 3.27. The van der Waals surface area contributed by atoms with Crippen molar-refractivity contribution in [3.8, 4) is 5.75 Å². The van der Waals surface area contributed by atoms with Crippen molar-refractivity contribution in [2.45, 2.75) is 19.9 Å². The molecule has 0 aliphatic rings. The highest BCUT2D eigenvalue weighted by Crippen LogP contribution is 2.22. The average molecular weight is 268 g/mol. The predicted octanol–water partition coefficient (Wildman–Crippen LogP) is 1.79. The first-order valence-electron chi connectivity index (χ1n) is 6.37. The fourth-order valence-electron chi connectivity index (χ4n) is 1.52. The largest absolute Gasteiger partial charge is 0.480 e. The molecule has 0 fully saturated rings. The summed E-state index contributed by atoms with van der Waals surface area (Å²) >= 11 is 0. The molecule has 4 nitrogen and oxygen atoms in total. The van der Waals surface area contributed by atoms with Crippen LogP contribution in [0, 0.1) is 5.82 Å². The number of ether oxygens (including phenoxy) is 1. The summed E-state index contributed by atoms with van der Waals surface area (Å²) in [5.41, 5.74) is 0.722. The van der Waals surface area contributed by atoms with Crippen molar-refractivity contribution in [3.63, 3.8) is 0 Å². The van der Waals surface area contributed by atoms with Crippen molar-refractivity contribution in [2.24, 2.45) is 0 Å². The van der Waals surface area contributed by atoms with E-state index in [9.17, 15) is 9.18 Å². The number of carbonyl (C=O) groups excluding carboxylic acids is 1. The van der Waals surface area contributed by atoms with Crippen LogP contribution in [-0.2, 0) is 11.3 Å². The van der Waals surface area contributed by atoms with Crippen molar-refractivity contribution in [1.82, 2.24) is 10.2 Å². The Morgan fingerprint density at radius 2 is 2.16 bits per heavy atom. The molecule has 0 heterocycles. The molecule has 0 aromatic heterocycles. The number of amides is 1. The van der Waals surface area contributed by atoms with Gasteiger partial charge in [-0.25, -0.2) is 4.39 Å². The minimum Gasteiger partial charge on any atom is -0.480 e. The Hall–Kier alpha value is -1.62. The average Bonchev–Trinajstić information content (AvgIpc) is 2.37. The molecule has 0 saturated heterocycles. The van der Waals surface area contributed by atoms with Gasteiger partial charge in [0.15, 0.2) is 18.2 Å². The molecule has 0 saturated carbocycles. The Balaban J connectivity index is 2.71. The van der Waals surface area contributed by atoms with Gasteiger partial charge in [-0.2, -0.15) is 0 Å². The molecule has 0 aliphatic carbocycles. The third-order valence-corrected chi connectivity index (χ3v) is 2.63. The lowest BCUT2D eigenvalue weighted by Gasteiger charge is -2.15. The number of hydrogen-bond acceptors (Lipinski definition) is 3. The maximum Gasteiger partial charge on any atom is 0.259 e. The quantitative estimate of drug-likeness (QED) is 0.767. The number of nitrogens with one attached hydrogen (secondary N) is 1. The van der Waals surface area contributed by atoms with Crippen molar-refractivity contribution in [3.05, 3.63) is 29.6 Å². The van der Waals surface area contributed by atoms with Gasteiger partial charge < -0.3 is 15.0 Å². The van der Waals surface area contributed by atoms with Crippen LogP contribution in [-0.4, -0.2) is 38.1 Å². The van der Waals surface area contributed by atoms with E-state index in [1.54, 1.807) is 26.2 Å². The van der Waals surface area contributed by atoms with Crippen LogP contribution in [0.1, 0.15) is 18.9 Å². The van der Waals surface area contributed by atoms with Crippen LogP contribution >= 0.6 is 0 Å². The van der Waals surface area contributed by atoms with E-state index in [2.05, 4.69) is 12.2 Å². The van der Waals surface area contributed by atoms with Crippen LogP contribution in [0.15, 0.2) is 18.2 Å². The van der Waals surface area contributed by atoms with Crippen molar-refractivity contribution in [1.29, 1.82) is 0 Å². The van der Waals surface area contributed by atoms with Gasteiger partial charge in [-0.1, -0.05) is 19.1 Å². The SMILES string of the molecule is CCCNCc1cccc(F)c1OCC(=O)N(C)C. The standard InChI is InChI=1S/C14H21FN2O2/c1-4-8-16-9-11-6-5-7-12(15)14(11)19-10-13(18)17(2)3/h5-7,16H,4,8-10H2,1-3H3. The first kappa shape index (κ1) is 15.4. The van der Waals surface area contributed by atoms with Crippen molar-refractivity contribution in [2.75, 3.05) is 27.2 Å². The molecule has 1 aromatic carbocycles. The summed E-state index contributed by atoms with van der Waals surface area (Å²) in [6.45, 7) is 3.28. The zero-order valence-electron chi connectivity index (χ0n) is 11.7. The van der Waals surface area contributed by atoms with Gasteiger partial charge in [-0.05, 0) is 19.0 Å². The number of nitrogens with zero attached hydrogens (tertiary/aromatic N) is 1. The topological polar surface area (TPSA) is 41.6 Å². The second kappa shape index (κ2) is 7.74. The Labute approximate surface area is 113 Å². The van der Waals surface area contributed by atoms with Crippen molar-refractivity contribution >= 4 is 5.91 Å². The van der Waals surface area contributed by atoms with Crippen LogP contribution in [0.4, 0.5) is 4.39 Å². The molecule has 1 amide bonds. The molecule has 0 unspecified atom stereocenters. The number of para-hydroxylation sites is 1. The minimum atomic E-state index is -0.442. The molecule has 1 aromatic rings. The number of likely N-dealkylation sites (N-methyl/N-ethyl adjacent to an activating group) is 1. The summed E-state index contributed by atoms with van der Waals surface area (Å²) in [5, 5.41) is 3.19. The van der Waals surface area contributed by atoms with Gasteiger partial charge in [0.2, 0.25) is 0 Å². The van der Waals surface area contributed by atoms with E-state index in [1.807, 2.05) is 0 Å². The molecule has 0 atom stereocenters. The fourth-order valence-corrected chi connectivity index (χ4v) is 1.52. The summed E-state index contributed by atoms with van der Waals surface area (Å²) in [6, 6.07) is 4.76. The van der Waals surface area contributed by atoms with Crippen LogP contribution in [0.2, 0.25) is 0 Å². The Morgan fingerprint density at radius 1 is 1.42 bits per heavy atom. The number of rotatable bonds is 7. The zero-order chi connectivity index (χ0) is 14.3. The summed E-state index contributed by atoms with van der Waals surface area (Å²) in [4.78, 5) is 12.9. The molecule has 5 heteroatoms. The predicted molar refractivity (Wildman–Crippen MR) is 72.6 cm³/mol. The smallest absolute Gasteiger partial charge is 0.259 e. The van der Waals surface area contributed by atoms with E-state index in [4.69, 9.17) is 4.74 Å². The van der Waals surface area contributed by atoms with Crippen molar-refractivity contribution < 1.29 is 13.9 Å². The molecule has 0 bridgehead atoms. The molecule has 1 rings (SSSR count). The summed E-state index contributed by atoms with van der Waals surface area (Å²) in [5.74, 6) is -0.487. The maximum absolute atomic E-state index is 13.7. The monoisotopic (exact) mass is 268 g/mol. The van der Waals surface area contributed by atoms with Gasteiger partial charge in [0.1, 0.15) is 0 Å². The van der Waals surface area contributed by atoms with Gasteiger partial charge >= 0.3 is 0 Å². The van der Waals surface area contributed by atoms with E-state index in [1.165, 1.54) is 11.0 Å². The van der Waals surface area contributed by atoms with Gasteiger partial charge in [0.25, 0.3) is 5.91 Å². The summed E-state index contributed by atoms with van der Waals surface area (Å²) < 4.78 is 19.0. The lowest BCUT2D eigenvalue weighted by Crippen LogP contribution is -2.28. The Bertz CT molecular complexity index is 422. The molecule has 0 aliphatic heterocycles. The van der Waals surface area contributed by atoms with Gasteiger partial charge in [-0.15, -0.1) is 0 Å². The second-order valence-electron chi connectivity index (χ2n) is 4.48. The Morgan fingerprint density at radius 3 is 2.79 bits per heavy atom. The lowest BCUT2D eigenvalue weighted by molar-refractivity contribution is -0.130. The van der Waals surface area contributed by atoms with E-state index >= 15 is 0 Å². The van der Waals surface area contributed by atoms with E-state index in [-0.39, 0.29) is 18.3 Å². The third-order valence-electron chi connectivity index (χ3n) is 2.63. The molecule has 19 heavy (non-hydrogen) atoms.